The van der Waals surface area contributed by atoms with Crippen LogP contribution in [0.15, 0.2) is 23.0 Å². The SMILES string of the molecule is C[C@H]1CN(C(=O)c2cnnn2C)C[C@@H](c2ccsc2)O1. The molecule has 0 N–H and O–H groups in total. The summed E-state index contributed by atoms with van der Waals surface area (Å²) in [6.45, 7) is 3.13. The van der Waals surface area contributed by atoms with Gasteiger partial charge in [-0.05, 0) is 29.3 Å². The Kier molecular flexibility index (Phi) is 3.54. The average molecular weight is 292 g/mol. The summed E-state index contributed by atoms with van der Waals surface area (Å²) in [6.07, 6.45) is 1.45. The highest BCUT2D eigenvalue weighted by molar-refractivity contribution is 7.07. The fourth-order valence-electron chi connectivity index (χ4n) is 2.40. The van der Waals surface area contributed by atoms with Crippen molar-refractivity contribution in [2.24, 2.45) is 7.05 Å². The van der Waals surface area contributed by atoms with Crippen LogP contribution in [-0.4, -0.2) is 45.0 Å². The van der Waals surface area contributed by atoms with Crippen molar-refractivity contribution in [3.8, 4) is 0 Å². The highest BCUT2D eigenvalue weighted by Gasteiger charge is 2.31. The number of nitrogens with zero attached hydrogens (tertiary/aromatic N) is 4. The van der Waals surface area contributed by atoms with Crippen molar-refractivity contribution in [3.05, 3.63) is 34.3 Å². The molecule has 0 aliphatic carbocycles. The van der Waals surface area contributed by atoms with Gasteiger partial charge >= 0.3 is 0 Å². The second-order valence-corrected chi connectivity index (χ2v) is 5.73. The van der Waals surface area contributed by atoms with Crippen molar-refractivity contribution in [1.29, 1.82) is 0 Å². The van der Waals surface area contributed by atoms with Gasteiger partial charge in [0.2, 0.25) is 0 Å². The van der Waals surface area contributed by atoms with Crippen molar-refractivity contribution in [3.63, 3.8) is 0 Å². The second-order valence-electron chi connectivity index (χ2n) is 4.95. The quantitative estimate of drug-likeness (QED) is 0.841. The van der Waals surface area contributed by atoms with Gasteiger partial charge < -0.3 is 9.64 Å². The van der Waals surface area contributed by atoms with E-state index in [1.165, 1.54) is 10.9 Å². The number of aryl methyl sites for hydroxylation is 1. The van der Waals surface area contributed by atoms with Gasteiger partial charge in [-0.25, -0.2) is 4.68 Å². The molecule has 0 aromatic carbocycles. The van der Waals surface area contributed by atoms with E-state index in [0.717, 1.165) is 5.56 Å². The van der Waals surface area contributed by atoms with Crippen LogP contribution in [0.4, 0.5) is 0 Å². The maximum atomic E-state index is 12.5. The summed E-state index contributed by atoms with van der Waals surface area (Å²) in [7, 11) is 1.72. The predicted octanol–water partition coefficient (Wildman–Crippen LogP) is 1.48. The molecule has 20 heavy (non-hydrogen) atoms. The van der Waals surface area contributed by atoms with Gasteiger partial charge in [-0.1, -0.05) is 5.21 Å². The lowest BCUT2D eigenvalue weighted by Crippen LogP contribution is -2.46. The van der Waals surface area contributed by atoms with Crippen LogP contribution in [0.25, 0.3) is 0 Å². The van der Waals surface area contributed by atoms with E-state index in [0.29, 0.717) is 18.8 Å². The van der Waals surface area contributed by atoms with Crippen molar-refractivity contribution in [2.45, 2.75) is 19.1 Å². The summed E-state index contributed by atoms with van der Waals surface area (Å²) in [5.74, 6) is -0.0483. The van der Waals surface area contributed by atoms with Gasteiger partial charge in [-0.15, -0.1) is 5.10 Å². The van der Waals surface area contributed by atoms with E-state index in [-0.39, 0.29) is 18.1 Å². The molecule has 6 nitrogen and oxygen atoms in total. The zero-order valence-corrected chi connectivity index (χ0v) is 12.2. The molecule has 1 saturated heterocycles. The molecule has 0 saturated carbocycles. The number of ether oxygens (including phenoxy) is 1. The Hall–Kier alpha value is -1.73. The highest BCUT2D eigenvalue weighted by Crippen LogP contribution is 2.27. The van der Waals surface area contributed by atoms with Crippen LogP contribution in [0.5, 0.6) is 0 Å². The standard InChI is InChI=1S/C13H16N4O2S/c1-9-6-17(13(18)11-5-14-15-16(11)2)7-12(19-9)10-3-4-20-8-10/h3-5,8-9,12H,6-7H2,1-2H3/t9-,12-/m0/s1. The number of hydrogen-bond donors (Lipinski definition) is 0. The maximum absolute atomic E-state index is 12.5. The molecule has 7 heteroatoms. The molecule has 0 unspecified atom stereocenters. The zero-order valence-electron chi connectivity index (χ0n) is 11.4. The number of amides is 1. The van der Waals surface area contributed by atoms with Crippen molar-refractivity contribution in [1.82, 2.24) is 19.9 Å². The minimum atomic E-state index is -0.0601. The van der Waals surface area contributed by atoms with Crippen LogP contribution in [0.3, 0.4) is 0 Å². The fourth-order valence-corrected chi connectivity index (χ4v) is 3.11. The molecule has 3 rings (SSSR count). The smallest absolute Gasteiger partial charge is 0.273 e. The average Bonchev–Trinajstić information content (AvgIpc) is 3.08. The Balaban J connectivity index is 1.80. The molecule has 1 aliphatic rings. The summed E-state index contributed by atoms with van der Waals surface area (Å²) < 4.78 is 7.44. The minimum absolute atomic E-state index is 0.0128. The number of rotatable bonds is 2. The largest absolute Gasteiger partial charge is 0.367 e. The Morgan fingerprint density at radius 2 is 2.35 bits per heavy atom. The first-order valence-electron chi connectivity index (χ1n) is 6.46. The van der Waals surface area contributed by atoms with Crippen LogP contribution < -0.4 is 0 Å². The van der Waals surface area contributed by atoms with Gasteiger partial charge in [0.05, 0.1) is 18.8 Å². The van der Waals surface area contributed by atoms with Crippen LogP contribution in [0, 0.1) is 0 Å². The van der Waals surface area contributed by atoms with Crippen LogP contribution in [0.1, 0.15) is 29.1 Å². The molecule has 1 amide bonds. The normalized spacial score (nSPS) is 23.0. The molecule has 0 bridgehead atoms. The summed E-state index contributed by atoms with van der Waals surface area (Å²) in [4.78, 5) is 14.3. The lowest BCUT2D eigenvalue weighted by Gasteiger charge is -2.36. The maximum Gasteiger partial charge on any atom is 0.273 e. The van der Waals surface area contributed by atoms with E-state index in [1.54, 1.807) is 18.4 Å². The molecule has 106 valence electrons. The number of carbonyl (C=O) groups is 1. The number of hydrogen-bond acceptors (Lipinski definition) is 5. The summed E-state index contributed by atoms with van der Waals surface area (Å²) in [5, 5.41) is 11.7. The molecule has 2 atom stereocenters. The third kappa shape index (κ3) is 2.46. The predicted molar refractivity (Wildman–Crippen MR) is 74.5 cm³/mol. The number of thiophene rings is 1. The van der Waals surface area contributed by atoms with Gasteiger partial charge in [0.1, 0.15) is 11.8 Å². The minimum Gasteiger partial charge on any atom is -0.367 e. The third-order valence-corrected chi connectivity index (χ3v) is 4.10. The van der Waals surface area contributed by atoms with E-state index in [2.05, 4.69) is 15.7 Å². The molecule has 0 spiro atoms. The third-order valence-electron chi connectivity index (χ3n) is 3.40. The topological polar surface area (TPSA) is 60.2 Å². The van der Waals surface area contributed by atoms with Gasteiger partial charge in [-0.3, -0.25) is 4.79 Å². The molecule has 2 aromatic rings. The number of morpholine rings is 1. The Morgan fingerprint density at radius 3 is 3.00 bits per heavy atom. The first-order chi connectivity index (χ1) is 9.65. The van der Waals surface area contributed by atoms with Gasteiger partial charge in [0, 0.05) is 13.6 Å². The molecule has 1 fully saturated rings. The zero-order chi connectivity index (χ0) is 14.1. The van der Waals surface area contributed by atoms with Gasteiger partial charge in [0.25, 0.3) is 5.91 Å². The van der Waals surface area contributed by atoms with Gasteiger partial charge in [0.15, 0.2) is 0 Å². The molecule has 1 aliphatic heterocycles. The van der Waals surface area contributed by atoms with Gasteiger partial charge in [-0.2, -0.15) is 11.3 Å². The van der Waals surface area contributed by atoms with E-state index in [4.69, 9.17) is 4.74 Å². The molecule has 2 aromatic heterocycles. The van der Waals surface area contributed by atoms with Crippen LogP contribution in [-0.2, 0) is 11.8 Å². The highest BCUT2D eigenvalue weighted by atomic mass is 32.1. The molecular weight excluding hydrogens is 276 g/mol. The summed E-state index contributed by atoms with van der Waals surface area (Å²) in [6, 6.07) is 2.04. The number of aromatic nitrogens is 3. The molecule has 3 heterocycles. The Morgan fingerprint density at radius 1 is 1.50 bits per heavy atom. The van der Waals surface area contributed by atoms with Crippen molar-refractivity contribution < 1.29 is 9.53 Å². The first-order valence-corrected chi connectivity index (χ1v) is 7.41. The Labute approximate surface area is 121 Å². The van der Waals surface area contributed by atoms with E-state index in [9.17, 15) is 4.79 Å². The second kappa shape index (κ2) is 5.34. The van der Waals surface area contributed by atoms with E-state index in [1.807, 2.05) is 23.3 Å². The molecular formula is C13H16N4O2S. The van der Waals surface area contributed by atoms with Crippen molar-refractivity contribution in [2.75, 3.05) is 13.1 Å². The molecule has 0 radical (unpaired) electrons. The lowest BCUT2D eigenvalue weighted by molar-refractivity contribution is -0.0692. The lowest BCUT2D eigenvalue weighted by atomic mass is 10.1. The van der Waals surface area contributed by atoms with Crippen LogP contribution >= 0.6 is 11.3 Å². The summed E-state index contributed by atoms with van der Waals surface area (Å²) >= 11 is 1.64. The van der Waals surface area contributed by atoms with E-state index < -0.39 is 0 Å². The monoisotopic (exact) mass is 292 g/mol. The Bertz CT molecular complexity index is 595. The first kappa shape index (κ1) is 13.3. The van der Waals surface area contributed by atoms with Crippen LogP contribution in [0.2, 0.25) is 0 Å². The van der Waals surface area contributed by atoms with Crippen molar-refractivity contribution >= 4 is 17.2 Å². The summed E-state index contributed by atoms with van der Waals surface area (Å²) in [5.41, 5.74) is 1.63. The number of carbonyl (C=O) groups excluding carboxylic acids is 1. The fraction of sp³-hybridized carbons (Fsp3) is 0.462. The van der Waals surface area contributed by atoms with E-state index >= 15 is 0 Å².